The average Bonchev–Trinajstić information content (AvgIpc) is 2.46. The predicted octanol–water partition coefficient (Wildman–Crippen LogP) is 2.39. The lowest BCUT2D eigenvalue weighted by atomic mass is 9.87. The molecular formula is C17H29N3O. The van der Waals surface area contributed by atoms with E-state index in [1.807, 2.05) is 39.0 Å². The van der Waals surface area contributed by atoms with Crippen LogP contribution >= 0.6 is 0 Å². The summed E-state index contributed by atoms with van der Waals surface area (Å²) in [6.45, 7) is 10.6. The third kappa shape index (κ3) is 5.76. The summed E-state index contributed by atoms with van der Waals surface area (Å²) in [5.41, 5.74) is 6.95. The molecule has 1 rings (SSSR count). The quantitative estimate of drug-likeness (QED) is 0.758. The summed E-state index contributed by atoms with van der Waals surface area (Å²) in [7, 11) is 0. The maximum absolute atomic E-state index is 11.9. The smallest absolute Gasteiger partial charge is 0.237 e. The summed E-state index contributed by atoms with van der Waals surface area (Å²) in [5.74, 6) is -0.0646. The van der Waals surface area contributed by atoms with Crippen molar-refractivity contribution in [2.45, 2.75) is 40.2 Å². The second-order valence-electron chi connectivity index (χ2n) is 6.40. The van der Waals surface area contributed by atoms with Crippen molar-refractivity contribution in [3.63, 3.8) is 0 Å². The largest absolute Gasteiger partial charge is 0.372 e. The number of carbonyl (C=O) groups is 1. The van der Waals surface area contributed by atoms with E-state index in [-0.39, 0.29) is 11.3 Å². The minimum absolute atomic E-state index is 0.0646. The number of nitrogens with two attached hydrogens (primary N) is 1. The van der Waals surface area contributed by atoms with E-state index in [0.29, 0.717) is 6.54 Å². The van der Waals surface area contributed by atoms with Crippen LogP contribution in [-0.2, 0) is 4.79 Å². The molecule has 1 unspecified atom stereocenters. The van der Waals surface area contributed by atoms with Crippen molar-refractivity contribution < 1.29 is 4.79 Å². The van der Waals surface area contributed by atoms with Gasteiger partial charge in [-0.3, -0.25) is 4.79 Å². The van der Waals surface area contributed by atoms with E-state index in [1.54, 1.807) is 0 Å². The topological polar surface area (TPSA) is 58.4 Å². The zero-order valence-corrected chi connectivity index (χ0v) is 13.7. The first-order valence-corrected chi connectivity index (χ1v) is 7.69. The van der Waals surface area contributed by atoms with Crippen LogP contribution in [0.1, 0.15) is 34.1 Å². The van der Waals surface area contributed by atoms with E-state index in [9.17, 15) is 4.79 Å². The van der Waals surface area contributed by atoms with Crippen molar-refractivity contribution in [3.8, 4) is 0 Å². The Bertz CT molecular complexity index is 425. The van der Waals surface area contributed by atoms with Gasteiger partial charge in [0.2, 0.25) is 5.91 Å². The fourth-order valence-corrected chi connectivity index (χ4v) is 2.09. The van der Waals surface area contributed by atoms with Crippen LogP contribution in [-0.4, -0.2) is 31.6 Å². The molecule has 0 saturated carbocycles. The highest BCUT2D eigenvalue weighted by Crippen LogP contribution is 2.17. The maximum atomic E-state index is 11.9. The van der Waals surface area contributed by atoms with Gasteiger partial charge in [0.25, 0.3) is 0 Å². The van der Waals surface area contributed by atoms with Crippen LogP contribution in [0.4, 0.5) is 5.69 Å². The van der Waals surface area contributed by atoms with E-state index in [1.165, 1.54) is 5.69 Å². The minimum Gasteiger partial charge on any atom is -0.372 e. The monoisotopic (exact) mass is 291 g/mol. The first-order chi connectivity index (χ1) is 9.86. The molecule has 3 N–H and O–H groups in total. The molecule has 1 amide bonds. The fraction of sp³-hybridized carbons (Fsp3) is 0.588. The number of para-hydroxylation sites is 1. The molecule has 0 aliphatic carbocycles. The molecule has 0 aliphatic heterocycles. The first-order valence-electron chi connectivity index (χ1n) is 7.69. The van der Waals surface area contributed by atoms with E-state index >= 15 is 0 Å². The first kappa shape index (κ1) is 17.5. The van der Waals surface area contributed by atoms with Crippen molar-refractivity contribution in [3.05, 3.63) is 30.3 Å². The highest BCUT2D eigenvalue weighted by atomic mass is 16.2. The van der Waals surface area contributed by atoms with Gasteiger partial charge in [0.05, 0.1) is 6.04 Å². The summed E-state index contributed by atoms with van der Waals surface area (Å²) in [4.78, 5) is 14.2. The Kier molecular flexibility index (Phi) is 6.69. The fourth-order valence-electron chi connectivity index (χ4n) is 2.09. The molecule has 21 heavy (non-hydrogen) atoms. The normalized spacial score (nSPS) is 12.8. The average molecular weight is 291 g/mol. The van der Waals surface area contributed by atoms with Crippen LogP contribution in [0.3, 0.4) is 0 Å². The van der Waals surface area contributed by atoms with Crippen LogP contribution in [0.15, 0.2) is 30.3 Å². The Balaban J connectivity index is 2.35. The third-order valence-electron chi connectivity index (χ3n) is 3.62. The van der Waals surface area contributed by atoms with Gasteiger partial charge in [-0.25, -0.2) is 0 Å². The molecule has 0 bridgehead atoms. The van der Waals surface area contributed by atoms with Gasteiger partial charge in [-0.05, 0) is 30.9 Å². The summed E-state index contributed by atoms with van der Waals surface area (Å²) < 4.78 is 0. The molecule has 0 aliphatic rings. The Morgan fingerprint density at radius 1 is 1.29 bits per heavy atom. The lowest BCUT2D eigenvalue weighted by Gasteiger charge is -2.26. The van der Waals surface area contributed by atoms with Crippen molar-refractivity contribution in [2.24, 2.45) is 11.1 Å². The third-order valence-corrected chi connectivity index (χ3v) is 3.62. The molecule has 1 aromatic carbocycles. The predicted molar refractivity (Wildman–Crippen MR) is 89.4 cm³/mol. The highest BCUT2D eigenvalue weighted by Gasteiger charge is 2.26. The molecule has 4 nitrogen and oxygen atoms in total. The molecule has 4 heteroatoms. The van der Waals surface area contributed by atoms with Crippen molar-refractivity contribution in [1.82, 2.24) is 5.32 Å². The van der Waals surface area contributed by atoms with Crippen molar-refractivity contribution >= 4 is 11.6 Å². The van der Waals surface area contributed by atoms with Crippen molar-refractivity contribution in [1.29, 1.82) is 0 Å². The van der Waals surface area contributed by atoms with Crippen LogP contribution < -0.4 is 16.0 Å². The molecule has 118 valence electrons. The van der Waals surface area contributed by atoms with E-state index in [2.05, 4.69) is 29.3 Å². The Labute approximate surface area is 128 Å². The van der Waals surface area contributed by atoms with Gasteiger partial charge in [-0.2, -0.15) is 0 Å². The standard InChI is InChI=1S/C17H29N3O/c1-5-20(14-10-7-6-8-11-14)13-9-12-19-16(21)15(18)17(2,3)4/h6-8,10-11,15H,5,9,12-13,18H2,1-4H3,(H,19,21). The minimum atomic E-state index is -0.464. The lowest BCUT2D eigenvalue weighted by molar-refractivity contribution is -0.124. The van der Waals surface area contributed by atoms with Gasteiger partial charge in [0.1, 0.15) is 0 Å². The summed E-state index contributed by atoms with van der Waals surface area (Å²) >= 11 is 0. The number of amides is 1. The van der Waals surface area contributed by atoms with Gasteiger partial charge in [-0.1, -0.05) is 39.0 Å². The molecule has 0 heterocycles. The number of rotatable bonds is 7. The highest BCUT2D eigenvalue weighted by molar-refractivity contribution is 5.82. The van der Waals surface area contributed by atoms with Crippen molar-refractivity contribution in [2.75, 3.05) is 24.5 Å². The molecule has 0 aromatic heterocycles. The zero-order valence-electron chi connectivity index (χ0n) is 13.7. The van der Waals surface area contributed by atoms with E-state index in [4.69, 9.17) is 5.73 Å². The van der Waals surface area contributed by atoms with Gasteiger partial charge in [-0.15, -0.1) is 0 Å². The number of hydrogen-bond acceptors (Lipinski definition) is 3. The summed E-state index contributed by atoms with van der Waals surface area (Å²) in [5, 5.41) is 2.93. The Morgan fingerprint density at radius 2 is 1.90 bits per heavy atom. The number of nitrogens with zero attached hydrogens (tertiary/aromatic N) is 1. The Morgan fingerprint density at radius 3 is 2.43 bits per heavy atom. The molecule has 0 spiro atoms. The molecule has 1 aromatic rings. The lowest BCUT2D eigenvalue weighted by Crippen LogP contribution is -2.49. The Hall–Kier alpha value is -1.55. The van der Waals surface area contributed by atoms with Gasteiger partial charge < -0.3 is 16.0 Å². The molecule has 0 radical (unpaired) electrons. The van der Waals surface area contributed by atoms with Crippen LogP contribution in [0.25, 0.3) is 0 Å². The number of hydrogen-bond donors (Lipinski definition) is 2. The van der Waals surface area contributed by atoms with E-state index < -0.39 is 6.04 Å². The van der Waals surface area contributed by atoms with Crippen LogP contribution in [0.5, 0.6) is 0 Å². The second-order valence-corrected chi connectivity index (χ2v) is 6.40. The maximum Gasteiger partial charge on any atom is 0.237 e. The number of benzene rings is 1. The number of nitrogens with one attached hydrogen (secondary N) is 1. The van der Waals surface area contributed by atoms with Gasteiger partial charge >= 0.3 is 0 Å². The van der Waals surface area contributed by atoms with E-state index in [0.717, 1.165) is 19.5 Å². The molecular weight excluding hydrogens is 262 g/mol. The molecule has 0 fully saturated rings. The summed E-state index contributed by atoms with van der Waals surface area (Å²) in [6, 6.07) is 9.86. The van der Waals surface area contributed by atoms with Gasteiger partial charge in [0, 0.05) is 25.3 Å². The SMILES string of the molecule is CCN(CCCNC(=O)C(N)C(C)(C)C)c1ccccc1. The van der Waals surface area contributed by atoms with Gasteiger partial charge in [0.15, 0.2) is 0 Å². The van der Waals surface area contributed by atoms with Crippen LogP contribution in [0, 0.1) is 5.41 Å². The van der Waals surface area contributed by atoms with Crippen LogP contribution in [0.2, 0.25) is 0 Å². The molecule has 1 atom stereocenters. The number of carbonyl (C=O) groups excluding carboxylic acids is 1. The molecule has 0 saturated heterocycles. The second kappa shape index (κ2) is 8.03. The zero-order chi connectivity index (χ0) is 15.9. The number of anilines is 1. The summed E-state index contributed by atoms with van der Waals surface area (Å²) in [6.07, 6.45) is 0.908.